The maximum absolute atomic E-state index is 12.0. The Morgan fingerprint density at radius 3 is 2.41 bits per heavy atom. The number of hydrogen-bond acceptors (Lipinski definition) is 4. The van der Waals surface area contributed by atoms with E-state index in [0.29, 0.717) is 34.5 Å². The molecular weight excluding hydrogens is 308 g/mol. The standard InChI is InChI=1S/C15H23ClN2O4/c1-9(2)5-10(8-19)17-15(20)18-12-6-11(16)13(21-3)7-14(12)22-4/h6-7,9-10,19H,5,8H2,1-4H3,(H2,17,18,20). The summed E-state index contributed by atoms with van der Waals surface area (Å²) in [4.78, 5) is 12.0. The molecule has 7 heteroatoms. The minimum Gasteiger partial charge on any atom is -0.495 e. The van der Waals surface area contributed by atoms with Gasteiger partial charge in [0.15, 0.2) is 0 Å². The lowest BCUT2D eigenvalue weighted by Gasteiger charge is -2.19. The Morgan fingerprint density at radius 1 is 1.27 bits per heavy atom. The molecule has 1 unspecified atom stereocenters. The van der Waals surface area contributed by atoms with E-state index < -0.39 is 6.03 Å². The third kappa shape index (κ3) is 5.27. The zero-order valence-corrected chi connectivity index (χ0v) is 14.0. The Labute approximate surface area is 135 Å². The van der Waals surface area contributed by atoms with Crippen LogP contribution in [0.1, 0.15) is 20.3 Å². The van der Waals surface area contributed by atoms with Gasteiger partial charge in [-0.25, -0.2) is 4.79 Å². The van der Waals surface area contributed by atoms with Gasteiger partial charge in [-0.3, -0.25) is 0 Å². The molecule has 22 heavy (non-hydrogen) atoms. The quantitative estimate of drug-likeness (QED) is 0.718. The number of hydrogen-bond donors (Lipinski definition) is 3. The van der Waals surface area contributed by atoms with E-state index in [1.165, 1.54) is 14.2 Å². The van der Waals surface area contributed by atoms with Gasteiger partial charge in [-0.15, -0.1) is 0 Å². The minimum atomic E-state index is -0.431. The summed E-state index contributed by atoms with van der Waals surface area (Å²) < 4.78 is 10.3. The Morgan fingerprint density at radius 2 is 1.91 bits per heavy atom. The number of amides is 2. The zero-order valence-electron chi connectivity index (χ0n) is 13.3. The summed E-state index contributed by atoms with van der Waals surface area (Å²) in [5, 5.41) is 15.0. The molecule has 2 amide bonds. The van der Waals surface area contributed by atoms with Crippen LogP contribution in [0.3, 0.4) is 0 Å². The van der Waals surface area contributed by atoms with Crippen LogP contribution in [0.5, 0.6) is 11.5 Å². The molecule has 0 spiro atoms. The van der Waals surface area contributed by atoms with E-state index in [0.717, 1.165) is 0 Å². The number of aliphatic hydroxyl groups is 1. The summed E-state index contributed by atoms with van der Waals surface area (Å²) in [5.74, 6) is 1.25. The Hall–Kier alpha value is -1.66. The summed E-state index contributed by atoms with van der Waals surface area (Å²) in [5.41, 5.74) is 0.423. The van der Waals surface area contributed by atoms with Crippen LogP contribution in [-0.4, -0.2) is 38.0 Å². The van der Waals surface area contributed by atoms with Gasteiger partial charge in [0.05, 0.1) is 37.6 Å². The van der Waals surface area contributed by atoms with Gasteiger partial charge in [0.1, 0.15) is 11.5 Å². The second-order valence-electron chi connectivity index (χ2n) is 5.29. The number of methoxy groups -OCH3 is 2. The number of halogens is 1. The van der Waals surface area contributed by atoms with Crippen molar-refractivity contribution in [2.45, 2.75) is 26.3 Å². The van der Waals surface area contributed by atoms with Crippen LogP contribution in [0.25, 0.3) is 0 Å². The fraction of sp³-hybridized carbons (Fsp3) is 0.533. The van der Waals surface area contributed by atoms with Gasteiger partial charge in [-0.1, -0.05) is 25.4 Å². The molecule has 124 valence electrons. The second kappa shape index (κ2) is 8.70. The second-order valence-corrected chi connectivity index (χ2v) is 5.70. The molecule has 0 aromatic heterocycles. The van der Waals surface area contributed by atoms with Crippen LogP contribution in [0.15, 0.2) is 12.1 Å². The van der Waals surface area contributed by atoms with Gasteiger partial charge >= 0.3 is 6.03 Å². The van der Waals surface area contributed by atoms with Crippen molar-refractivity contribution in [3.8, 4) is 11.5 Å². The van der Waals surface area contributed by atoms with Crippen molar-refractivity contribution in [3.63, 3.8) is 0 Å². The third-order valence-corrected chi connectivity index (χ3v) is 3.33. The molecule has 1 rings (SSSR count). The van der Waals surface area contributed by atoms with Crippen molar-refractivity contribution in [1.29, 1.82) is 0 Å². The lowest BCUT2D eigenvalue weighted by molar-refractivity contribution is 0.214. The van der Waals surface area contributed by atoms with Crippen LogP contribution in [-0.2, 0) is 0 Å². The van der Waals surface area contributed by atoms with Crippen molar-refractivity contribution >= 4 is 23.3 Å². The Bertz CT molecular complexity index is 509. The summed E-state index contributed by atoms with van der Waals surface area (Å²) in [7, 11) is 2.99. The molecule has 0 saturated heterocycles. The van der Waals surface area contributed by atoms with Crippen molar-refractivity contribution in [2.75, 3.05) is 26.1 Å². The highest BCUT2D eigenvalue weighted by Crippen LogP contribution is 2.35. The third-order valence-electron chi connectivity index (χ3n) is 3.03. The average molecular weight is 331 g/mol. The van der Waals surface area contributed by atoms with Gasteiger partial charge in [0.25, 0.3) is 0 Å². The highest BCUT2D eigenvalue weighted by molar-refractivity contribution is 6.32. The fourth-order valence-corrected chi connectivity index (χ4v) is 2.29. The molecule has 0 heterocycles. The monoisotopic (exact) mass is 330 g/mol. The number of rotatable bonds is 7. The lowest BCUT2D eigenvalue weighted by atomic mass is 10.0. The largest absolute Gasteiger partial charge is 0.495 e. The molecular formula is C15H23ClN2O4. The highest BCUT2D eigenvalue weighted by Gasteiger charge is 2.16. The summed E-state index contributed by atoms with van der Waals surface area (Å²) in [6, 6.07) is 2.41. The fourth-order valence-electron chi connectivity index (χ4n) is 2.05. The number of nitrogens with one attached hydrogen (secondary N) is 2. The molecule has 0 aliphatic rings. The Kier molecular flexibility index (Phi) is 7.27. The average Bonchev–Trinajstić information content (AvgIpc) is 2.46. The van der Waals surface area contributed by atoms with Gasteiger partial charge in [-0.05, 0) is 18.4 Å². The van der Waals surface area contributed by atoms with Crippen LogP contribution in [0.2, 0.25) is 5.02 Å². The molecule has 0 saturated carbocycles. The molecule has 0 aliphatic heterocycles. The summed E-state index contributed by atoms with van der Waals surface area (Å²) >= 11 is 6.05. The maximum atomic E-state index is 12.0. The zero-order chi connectivity index (χ0) is 16.7. The number of carbonyl (C=O) groups excluding carboxylic acids is 1. The number of ether oxygens (including phenoxy) is 2. The van der Waals surface area contributed by atoms with Crippen molar-refractivity contribution in [1.82, 2.24) is 5.32 Å². The smallest absolute Gasteiger partial charge is 0.319 e. The van der Waals surface area contributed by atoms with E-state index in [9.17, 15) is 9.90 Å². The molecule has 0 fully saturated rings. The van der Waals surface area contributed by atoms with Crippen molar-refractivity contribution in [3.05, 3.63) is 17.2 Å². The SMILES string of the molecule is COc1cc(OC)c(NC(=O)NC(CO)CC(C)C)cc1Cl. The number of benzene rings is 1. The van der Waals surface area contributed by atoms with Crippen LogP contribution in [0.4, 0.5) is 10.5 Å². The van der Waals surface area contributed by atoms with Gasteiger partial charge in [0, 0.05) is 6.07 Å². The van der Waals surface area contributed by atoms with Crippen molar-refractivity contribution in [2.24, 2.45) is 5.92 Å². The first kappa shape index (κ1) is 18.4. The van der Waals surface area contributed by atoms with Crippen LogP contribution in [0, 0.1) is 5.92 Å². The molecule has 3 N–H and O–H groups in total. The number of urea groups is 1. The van der Waals surface area contributed by atoms with E-state index in [4.69, 9.17) is 21.1 Å². The first-order valence-corrected chi connectivity index (χ1v) is 7.38. The van der Waals surface area contributed by atoms with E-state index in [1.807, 2.05) is 13.8 Å². The normalized spacial score (nSPS) is 12.0. The van der Waals surface area contributed by atoms with E-state index >= 15 is 0 Å². The number of aliphatic hydroxyl groups excluding tert-OH is 1. The van der Waals surface area contributed by atoms with Gasteiger partial charge < -0.3 is 25.2 Å². The van der Waals surface area contributed by atoms with Crippen LogP contribution < -0.4 is 20.1 Å². The van der Waals surface area contributed by atoms with E-state index in [-0.39, 0.29) is 12.6 Å². The van der Waals surface area contributed by atoms with Crippen LogP contribution >= 0.6 is 11.6 Å². The molecule has 0 bridgehead atoms. The number of anilines is 1. The molecule has 1 aromatic carbocycles. The predicted octanol–water partition coefficient (Wildman–Crippen LogP) is 2.89. The topological polar surface area (TPSA) is 79.8 Å². The van der Waals surface area contributed by atoms with E-state index in [2.05, 4.69) is 10.6 Å². The Balaban J connectivity index is 2.81. The van der Waals surface area contributed by atoms with Gasteiger partial charge in [0.2, 0.25) is 0 Å². The highest BCUT2D eigenvalue weighted by atomic mass is 35.5. The lowest BCUT2D eigenvalue weighted by Crippen LogP contribution is -2.41. The molecule has 1 aromatic rings. The molecule has 0 radical (unpaired) electrons. The molecule has 6 nitrogen and oxygen atoms in total. The predicted molar refractivity (Wildman–Crippen MR) is 87.0 cm³/mol. The minimum absolute atomic E-state index is 0.119. The molecule has 0 aliphatic carbocycles. The first-order valence-electron chi connectivity index (χ1n) is 7.01. The number of carbonyl (C=O) groups is 1. The van der Waals surface area contributed by atoms with E-state index in [1.54, 1.807) is 12.1 Å². The van der Waals surface area contributed by atoms with Crippen molar-refractivity contribution < 1.29 is 19.4 Å². The maximum Gasteiger partial charge on any atom is 0.319 e. The summed E-state index contributed by atoms with van der Waals surface area (Å²) in [6.45, 7) is 3.93. The first-order chi connectivity index (χ1) is 10.4. The molecule has 1 atom stereocenters. The van der Waals surface area contributed by atoms with Gasteiger partial charge in [-0.2, -0.15) is 0 Å². The summed E-state index contributed by atoms with van der Waals surface area (Å²) in [6.07, 6.45) is 0.685.